The summed E-state index contributed by atoms with van der Waals surface area (Å²) in [4.78, 5) is 6.25. The van der Waals surface area contributed by atoms with Crippen LogP contribution in [0.3, 0.4) is 0 Å². The van der Waals surface area contributed by atoms with E-state index in [0.29, 0.717) is 12.3 Å². The van der Waals surface area contributed by atoms with E-state index in [-0.39, 0.29) is 5.84 Å². The monoisotopic (exact) mass is 222 g/mol. The predicted molar refractivity (Wildman–Crippen MR) is 65.0 cm³/mol. The number of likely N-dealkylation sites (N-methyl/N-ethyl adjacent to an activating group) is 1. The van der Waals surface area contributed by atoms with Crippen LogP contribution in [0.25, 0.3) is 0 Å². The average Bonchev–Trinajstić information content (AvgIpc) is 2.29. The third kappa shape index (κ3) is 3.51. The van der Waals surface area contributed by atoms with Crippen molar-refractivity contribution in [2.75, 3.05) is 31.7 Å². The molecule has 0 saturated carbocycles. The molecule has 1 rings (SSSR count). The number of aromatic nitrogens is 1. The summed E-state index contributed by atoms with van der Waals surface area (Å²) in [5, 5.41) is 7.31. The van der Waals surface area contributed by atoms with Crippen LogP contribution in [0.1, 0.15) is 12.6 Å². The highest BCUT2D eigenvalue weighted by molar-refractivity contribution is 5.93. The Kier molecular flexibility index (Phi) is 4.72. The van der Waals surface area contributed by atoms with Crippen molar-refractivity contribution in [1.82, 2.24) is 4.98 Å². The molecule has 0 fully saturated rings. The Morgan fingerprint density at radius 1 is 1.56 bits per heavy atom. The molecule has 1 aromatic heterocycles. The van der Waals surface area contributed by atoms with E-state index >= 15 is 0 Å². The molecule has 88 valence electrons. The molecule has 1 aromatic rings. The molecule has 1 heterocycles. The van der Waals surface area contributed by atoms with E-state index in [4.69, 9.17) is 15.9 Å². The molecule has 0 spiro atoms. The Morgan fingerprint density at radius 2 is 2.31 bits per heavy atom. The summed E-state index contributed by atoms with van der Waals surface area (Å²) >= 11 is 0. The third-order valence-electron chi connectivity index (χ3n) is 2.18. The first kappa shape index (κ1) is 12.4. The normalized spacial score (nSPS) is 10.1. The first-order chi connectivity index (χ1) is 7.65. The van der Waals surface area contributed by atoms with Gasteiger partial charge in [0.15, 0.2) is 0 Å². The van der Waals surface area contributed by atoms with Gasteiger partial charge in [-0.3, -0.25) is 5.41 Å². The van der Waals surface area contributed by atoms with E-state index in [1.54, 1.807) is 6.07 Å². The lowest BCUT2D eigenvalue weighted by molar-refractivity contribution is 0.154. The van der Waals surface area contributed by atoms with Crippen molar-refractivity contribution in [3.05, 3.63) is 23.9 Å². The van der Waals surface area contributed by atoms with Crippen molar-refractivity contribution in [3.8, 4) is 0 Å². The lowest BCUT2D eigenvalue weighted by Crippen LogP contribution is -2.24. The summed E-state index contributed by atoms with van der Waals surface area (Å²) in [6.07, 6.45) is 0. The molecule has 0 aromatic carbocycles. The Morgan fingerprint density at radius 3 is 2.94 bits per heavy atom. The molecule has 3 N–H and O–H groups in total. The van der Waals surface area contributed by atoms with Crippen LogP contribution in [0.15, 0.2) is 18.2 Å². The van der Waals surface area contributed by atoms with Crippen LogP contribution in [-0.2, 0) is 4.74 Å². The zero-order chi connectivity index (χ0) is 12.0. The number of pyridine rings is 1. The summed E-state index contributed by atoms with van der Waals surface area (Å²) in [7, 11) is 1.94. The number of rotatable bonds is 6. The second-order valence-electron chi connectivity index (χ2n) is 3.41. The van der Waals surface area contributed by atoms with E-state index in [9.17, 15) is 0 Å². The quantitative estimate of drug-likeness (QED) is 0.425. The van der Waals surface area contributed by atoms with E-state index in [1.807, 2.05) is 31.0 Å². The molecule has 0 aliphatic carbocycles. The minimum atomic E-state index is -0.0138. The van der Waals surface area contributed by atoms with Crippen LogP contribution in [0.4, 0.5) is 5.82 Å². The lowest BCUT2D eigenvalue weighted by atomic mass is 10.3. The van der Waals surface area contributed by atoms with Crippen LogP contribution in [0, 0.1) is 5.41 Å². The standard InChI is InChI=1S/C11H18N4O/c1-3-16-8-7-15(2)10-6-4-5-9(14-10)11(12)13/h4-6H,3,7-8H2,1-2H3,(H3,12,13). The van der Waals surface area contributed by atoms with Gasteiger partial charge in [0.05, 0.1) is 6.61 Å². The maximum absolute atomic E-state index is 7.31. The zero-order valence-electron chi connectivity index (χ0n) is 9.73. The van der Waals surface area contributed by atoms with Gasteiger partial charge in [0.2, 0.25) is 0 Å². The van der Waals surface area contributed by atoms with Crippen molar-refractivity contribution < 1.29 is 4.74 Å². The van der Waals surface area contributed by atoms with Crippen molar-refractivity contribution in [3.63, 3.8) is 0 Å². The minimum absolute atomic E-state index is 0.0138. The maximum atomic E-state index is 7.31. The Balaban J connectivity index is 2.64. The van der Waals surface area contributed by atoms with Crippen molar-refractivity contribution >= 4 is 11.7 Å². The molecule has 5 nitrogen and oxygen atoms in total. The third-order valence-corrected chi connectivity index (χ3v) is 2.18. The molecule has 0 saturated heterocycles. The fourth-order valence-electron chi connectivity index (χ4n) is 1.25. The van der Waals surface area contributed by atoms with Crippen LogP contribution >= 0.6 is 0 Å². The fraction of sp³-hybridized carbons (Fsp3) is 0.455. The molecule has 0 bridgehead atoms. The van der Waals surface area contributed by atoms with Crippen molar-refractivity contribution in [1.29, 1.82) is 5.41 Å². The van der Waals surface area contributed by atoms with Gasteiger partial charge in [0.1, 0.15) is 17.3 Å². The smallest absolute Gasteiger partial charge is 0.141 e. The summed E-state index contributed by atoms with van der Waals surface area (Å²) < 4.78 is 5.27. The number of hydrogen-bond acceptors (Lipinski definition) is 4. The van der Waals surface area contributed by atoms with Crippen LogP contribution in [0.5, 0.6) is 0 Å². The Labute approximate surface area is 95.7 Å². The van der Waals surface area contributed by atoms with Gasteiger partial charge in [0, 0.05) is 20.2 Å². The first-order valence-electron chi connectivity index (χ1n) is 5.25. The van der Waals surface area contributed by atoms with Gasteiger partial charge in [-0.05, 0) is 19.1 Å². The average molecular weight is 222 g/mol. The molecule has 0 unspecified atom stereocenters. The molecular formula is C11H18N4O. The van der Waals surface area contributed by atoms with Gasteiger partial charge in [0.25, 0.3) is 0 Å². The minimum Gasteiger partial charge on any atom is -0.382 e. The van der Waals surface area contributed by atoms with Gasteiger partial charge in [-0.15, -0.1) is 0 Å². The highest BCUT2D eigenvalue weighted by Crippen LogP contribution is 2.08. The zero-order valence-corrected chi connectivity index (χ0v) is 9.73. The number of nitrogens with two attached hydrogens (primary N) is 1. The maximum Gasteiger partial charge on any atom is 0.141 e. The molecule has 0 aliphatic heterocycles. The molecular weight excluding hydrogens is 204 g/mol. The summed E-state index contributed by atoms with van der Waals surface area (Å²) in [5.74, 6) is 0.785. The van der Waals surface area contributed by atoms with E-state index < -0.39 is 0 Å². The van der Waals surface area contributed by atoms with E-state index in [2.05, 4.69) is 4.98 Å². The van der Waals surface area contributed by atoms with Gasteiger partial charge in [-0.2, -0.15) is 0 Å². The number of nitrogen functional groups attached to an aromatic ring is 1. The first-order valence-corrected chi connectivity index (χ1v) is 5.25. The van der Waals surface area contributed by atoms with Crippen LogP contribution in [0.2, 0.25) is 0 Å². The second kappa shape index (κ2) is 6.07. The largest absolute Gasteiger partial charge is 0.382 e. The highest BCUT2D eigenvalue weighted by atomic mass is 16.5. The highest BCUT2D eigenvalue weighted by Gasteiger charge is 2.04. The van der Waals surface area contributed by atoms with Crippen molar-refractivity contribution in [2.24, 2.45) is 5.73 Å². The number of hydrogen-bond donors (Lipinski definition) is 2. The number of nitrogens with zero attached hydrogens (tertiary/aromatic N) is 2. The Hall–Kier alpha value is -1.62. The number of ether oxygens (including phenoxy) is 1. The van der Waals surface area contributed by atoms with Gasteiger partial charge in [-0.1, -0.05) is 6.07 Å². The van der Waals surface area contributed by atoms with Crippen LogP contribution < -0.4 is 10.6 Å². The van der Waals surface area contributed by atoms with Gasteiger partial charge in [-0.25, -0.2) is 4.98 Å². The second-order valence-corrected chi connectivity index (χ2v) is 3.41. The predicted octanol–water partition coefficient (Wildman–Crippen LogP) is 0.838. The van der Waals surface area contributed by atoms with Crippen LogP contribution in [-0.4, -0.2) is 37.6 Å². The SMILES string of the molecule is CCOCCN(C)c1cccc(C(=N)N)n1. The molecule has 0 radical (unpaired) electrons. The fourth-order valence-corrected chi connectivity index (χ4v) is 1.25. The number of anilines is 1. The molecule has 0 amide bonds. The topological polar surface area (TPSA) is 75.2 Å². The lowest BCUT2D eigenvalue weighted by Gasteiger charge is -2.18. The number of amidine groups is 1. The van der Waals surface area contributed by atoms with Gasteiger partial charge >= 0.3 is 0 Å². The van der Waals surface area contributed by atoms with Crippen molar-refractivity contribution in [2.45, 2.75) is 6.92 Å². The molecule has 16 heavy (non-hydrogen) atoms. The summed E-state index contributed by atoms with van der Waals surface area (Å²) in [5.41, 5.74) is 5.88. The summed E-state index contributed by atoms with van der Waals surface area (Å²) in [6.45, 7) is 4.12. The van der Waals surface area contributed by atoms with E-state index in [1.165, 1.54) is 0 Å². The summed E-state index contributed by atoms with van der Waals surface area (Å²) in [6, 6.07) is 5.46. The van der Waals surface area contributed by atoms with E-state index in [0.717, 1.165) is 19.0 Å². The molecule has 5 heteroatoms. The Bertz CT molecular complexity index is 354. The van der Waals surface area contributed by atoms with Gasteiger partial charge < -0.3 is 15.4 Å². The number of nitrogens with one attached hydrogen (secondary N) is 1. The molecule has 0 atom stereocenters. The molecule has 0 aliphatic rings.